The lowest BCUT2D eigenvalue weighted by Gasteiger charge is -2.26. The molecule has 3 heterocycles. The molecule has 4 nitrogen and oxygen atoms in total. The minimum Gasteiger partial charge on any atom is -0.252 e. The molecule has 9 aromatic rings. The van der Waals surface area contributed by atoms with E-state index < -0.39 is 0 Å². The van der Waals surface area contributed by atoms with Gasteiger partial charge in [-0.05, 0) is 88.3 Å². The van der Waals surface area contributed by atoms with Crippen LogP contribution in [0.2, 0.25) is 0 Å². The van der Waals surface area contributed by atoms with Crippen LogP contribution in [0.1, 0.15) is 18.4 Å². The lowest BCUT2D eigenvalue weighted by Crippen LogP contribution is -2.20. The number of hydrogen-bond donors (Lipinski definition) is 0. The van der Waals surface area contributed by atoms with Gasteiger partial charge in [0.05, 0.1) is 28.3 Å². The Bertz CT molecular complexity index is 3060. The van der Waals surface area contributed by atoms with Crippen LogP contribution in [0.15, 0.2) is 193 Å². The van der Waals surface area contributed by atoms with Gasteiger partial charge in [-0.3, -0.25) is 4.99 Å². The van der Waals surface area contributed by atoms with E-state index in [0.29, 0.717) is 11.7 Å². The van der Waals surface area contributed by atoms with E-state index in [1.807, 2.05) is 0 Å². The van der Waals surface area contributed by atoms with Crippen molar-refractivity contribution >= 4 is 43.8 Å². The third kappa shape index (κ3) is 6.29. The zero-order chi connectivity index (χ0) is 38.4. The maximum atomic E-state index is 5.31. The zero-order valence-electron chi connectivity index (χ0n) is 31.9. The highest BCUT2D eigenvalue weighted by molar-refractivity contribution is 6.06. The van der Waals surface area contributed by atoms with E-state index in [9.17, 15) is 0 Å². The highest BCUT2D eigenvalue weighted by Crippen LogP contribution is 2.42. The van der Waals surface area contributed by atoms with Crippen molar-refractivity contribution in [2.24, 2.45) is 10.9 Å². The second-order valence-corrected chi connectivity index (χ2v) is 15.4. The maximum absolute atomic E-state index is 5.31. The highest BCUT2D eigenvalue weighted by Gasteiger charge is 2.27. The molecule has 4 heteroatoms. The van der Waals surface area contributed by atoms with Crippen molar-refractivity contribution in [2.75, 3.05) is 0 Å². The van der Waals surface area contributed by atoms with Gasteiger partial charge < -0.3 is 0 Å². The molecular formula is C54H38N4. The van der Waals surface area contributed by atoms with Gasteiger partial charge in [0.2, 0.25) is 0 Å². The van der Waals surface area contributed by atoms with Crippen molar-refractivity contribution in [2.45, 2.75) is 19.3 Å². The molecule has 58 heavy (non-hydrogen) atoms. The van der Waals surface area contributed by atoms with E-state index in [1.165, 1.54) is 32.8 Å². The van der Waals surface area contributed by atoms with Crippen LogP contribution >= 0.6 is 0 Å². The number of pyridine rings is 1. The first kappa shape index (κ1) is 34.0. The molecule has 0 spiro atoms. The van der Waals surface area contributed by atoms with Gasteiger partial charge in [0.25, 0.3) is 0 Å². The molecule has 0 N–H and O–H groups in total. The van der Waals surface area contributed by atoms with Crippen molar-refractivity contribution < 1.29 is 0 Å². The van der Waals surface area contributed by atoms with Gasteiger partial charge in [-0.25, -0.2) is 15.0 Å². The molecule has 11 rings (SSSR count). The Morgan fingerprint density at radius 1 is 0.466 bits per heavy atom. The van der Waals surface area contributed by atoms with Crippen molar-refractivity contribution in [3.8, 4) is 56.3 Å². The summed E-state index contributed by atoms with van der Waals surface area (Å²) in [6, 6.07) is 58.0. The minimum atomic E-state index is 0.376. The average molecular weight is 743 g/mol. The van der Waals surface area contributed by atoms with Crippen LogP contribution < -0.4 is 0 Å². The molecule has 0 fully saturated rings. The molecule has 274 valence electrons. The predicted octanol–water partition coefficient (Wildman–Crippen LogP) is 13.8. The van der Waals surface area contributed by atoms with Gasteiger partial charge in [0, 0.05) is 44.8 Å². The Morgan fingerprint density at radius 3 is 1.84 bits per heavy atom. The number of allylic oxidation sites excluding steroid dienone is 4. The molecule has 1 aliphatic heterocycles. The first-order valence-corrected chi connectivity index (χ1v) is 20.1. The third-order valence-electron chi connectivity index (χ3n) is 11.7. The summed E-state index contributed by atoms with van der Waals surface area (Å²) in [5.41, 5.74) is 13.7. The number of fused-ring (bicyclic) bond motifs is 6. The van der Waals surface area contributed by atoms with Gasteiger partial charge in [-0.2, -0.15) is 0 Å². The summed E-state index contributed by atoms with van der Waals surface area (Å²) in [4.78, 5) is 21.0. The van der Waals surface area contributed by atoms with Crippen LogP contribution in [0.4, 0.5) is 5.69 Å². The van der Waals surface area contributed by atoms with Crippen molar-refractivity contribution in [3.63, 3.8) is 0 Å². The van der Waals surface area contributed by atoms with Crippen LogP contribution in [0, 0.1) is 5.92 Å². The van der Waals surface area contributed by atoms with Crippen molar-refractivity contribution in [1.82, 2.24) is 15.0 Å². The van der Waals surface area contributed by atoms with Crippen LogP contribution in [0.5, 0.6) is 0 Å². The Labute approximate surface area is 337 Å². The Balaban J connectivity index is 0.983. The molecule has 2 aliphatic rings. The number of para-hydroxylation sites is 1. The van der Waals surface area contributed by atoms with Gasteiger partial charge in [0.15, 0.2) is 5.82 Å². The van der Waals surface area contributed by atoms with E-state index in [2.05, 4.69) is 188 Å². The normalized spacial score (nSPS) is 15.9. The Morgan fingerprint density at radius 2 is 1.10 bits per heavy atom. The summed E-state index contributed by atoms with van der Waals surface area (Å²) in [7, 11) is 0. The average Bonchev–Trinajstić information content (AvgIpc) is 3.28. The summed E-state index contributed by atoms with van der Waals surface area (Å²) < 4.78 is 0. The maximum Gasteiger partial charge on any atom is 0.160 e. The summed E-state index contributed by atoms with van der Waals surface area (Å²) >= 11 is 0. The number of nitrogens with zero attached hydrogens (tertiary/aromatic N) is 4. The molecule has 0 saturated carbocycles. The van der Waals surface area contributed by atoms with Crippen molar-refractivity contribution in [1.29, 1.82) is 0 Å². The van der Waals surface area contributed by atoms with Gasteiger partial charge >= 0.3 is 0 Å². The van der Waals surface area contributed by atoms with Crippen molar-refractivity contribution in [3.05, 3.63) is 194 Å². The van der Waals surface area contributed by atoms with Crippen LogP contribution in [0.3, 0.4) is 0 Å². The Kier molecular flexibility index (Phi) is 8.40. The third-order valence-corrected chi connectivity index (χ3v) is 11.7. The SMILES string of the molecule is C1=C\CCC2Cc3c(-c4ccc(-c5cccc(-c6nc(-c7ccc8ccccc8c7)cc(-c7ccc8ccccc8c7)n6)c5)cc4)nc4ccccc4c3N=C2\C=C/1. The zero-order valence-corrected chi connectivity index (χ0v) is 31.9. The molecule has 0 saturated heterocycles. The minimum absolute atomic E-state index is 0.376. The smallest absolute Gasteiger partial charge is 0.160 e. The number of aliphatic imine (C=N–C) groups is 1. The summed E-state index contributed by atoms with van der Waals surface area (Å²) in [5.74, 6) is 1.07. The van der Waals surface area contributed by atoms with E-state index in [-0.39, 0.29) is 0 Å². The van der Waals surface area contributed by atoms with Crippen LogP contribution in [-0.2, 0) is 6.42 Å². The number of rotatable bonds is 5. The largest absolute Gasteiger partial charge is 0.252 e. The fraction of sp³-hybridized carbons (Fsp3) is 0.0741. The first-order chi connectivity index (χ1) is 28.7. The fourth-order valence-electron chi connectivity index (χ4n) is 8.64. The summed E-state index contributed by atoms with van der Waals surface area (Å²) in [6.07, 6.45) is 11.8. The van der Waals surface area contributed by atoms with Crippen LogP contribution in [0.25, 0.3) is 88.7 Å². The molecule has 0 amide bonds. The fourth-order valence-corrected chi connectivity index (χ4v) is 8.64. The number of benzene rings is 7. The van der Waals surface area contributed by atoms with E-state index >= 15 is 0 Å². The molecule has 1 atom stereocenters. The standard InChI is InChI=1S/C54H38N4/c1-2-4-20-48-42(16-3-1)33-47-52(56-49-21-10-9-19-46(49)53(47)55-48)38-26-22-37(23-27-38)41-17-11-18-45(32-41)54-57-50(43-28-24-35-12-5-7-14-39(35)30-43)34-51(58-54)44-29-25-36-13-6-8-15-40(36)31-44/h1-2,4-15,17-32,34,42H,3,16,33H2/b2-1-,20-4-. The van der Waals surface area contributed by atoms with Gasteiger partial charge in [-0.15, -0.1) is 0 Å². The number of hydrogen-bond acceptors (Lipinski definition) is 4. The lowest BCUT2D eigenvalue weighted by molar-refractivity contribution is 0.624. The summed E-state index contributed by atoms with van der Waals surface area (Å²) in [6.45, 7) is 0. The van der Waals surface area contributed by atoms with Crippen LogP contribution in [-0.4, -0.2) is 20.7 Å². The lowest BCUT2D eigenvalue weighted by atomic mass is 9.83. The van der Waals surface area contributed by atoms with Gasteiger partial charge in [-0.1, -0.05) is 152 Å². The molecular weight excluding hydrogens is 705 g/mol. The summed E-state index contributed by atoms with van der Waals surface area (Å²) in [5, 5.41) is 5.90. The van der Waals surface area contributed by atoms with E-state index in [1.54, 1.807) is 0 Å². The second-order valence-electron chi connectivity index (χ2n) is 15.4. The highest BCUT2D eigenvalue weighted by atomic mass is 14.9. The molecule has 0 bridgehead atoms. The molecule has 1 aliphatic carbocycles. The molecule has 1 unspecified atom stereocenters. The molecule has 7 aromatic carbocycles. The van der Waals surface area contributed by atoms with Gasteiger partial charge in [0.1, 0.15) is 0 Å². The predicted molar refractivity (Wildman–Crippen MR) is 241 cm³/mol. The topological polar surface area (TPSA) is 51.0 Å². The Hall–Kier alpha value is -7.30. The first-order valence-electron chi connectivity index (χ1n) is 20.1. The van der Waals surface area contributed by atoms with E-state index in [4.69, 9.17) is 19.9 Å². The quantitative estimate of drug-likeness (QED) is 0.176. The molecule has 2 aromatic heterocycles. The monoisotopic (exact) mass is 742 g/mol. The second kappa shape index (κ2) is 14.3. The number of aromatic nitrogens is 3. The van der Waals surface area contributed by atoms with E-state index in [0.717, 1.165) is 86.3 Å². The molecule has 0 radical (unpaired) electrons.